The number of thiophene rings is 1. The monoisotopic (exact) mass is 381 g/mol. The number of aryl methyl sites for hydroxylation is 2. The average Bonchev–Trinajstić information content (AvgIpc) is 2.99. The largest absolute Gasteiger partial charge is 0.374 e. The molecular formula is C18H23NO4S2. The van der Waals surface area contributed by atoms with E-state index in [0.29, 0.717) is 19.4 Å². The number of benzene rings is 1. The molecule has 0 aliphatic carbocycles. The molecule has 0 unspecified atom stereocenters. The van der Waals surface area contributed by atoms with Crippen LogP contribution in [0.25, 0.3) is 0 Å². The number of carbonyl (C=O) groups is 1. The first-order chi connectivity index (χ1) is 11.8. The Balaban J connectivity index is 1.82. The zero-order valence-electron chi connectivity index (χ0n) is 14.6. The summed E-state index contributed by atoms with van der Waals surface area (Å²) < 4.78 is 28.3. The second kappa shape index (κ2) is 8.60. The van der Waals surface area contributed by atoms with Crippen molar-refractivity contribution in [2.45, 2.75) is 30.8 Å². The summed E-state index contributed by atoms with van der Waals surface area (Å²) in [5.74, 6) is -0.0532. The molecule has 5 nitrogen and oxygen atoms in total. The van der Waals surface area contributed by atoms with Crippen LogP contribution in [0.4, 0.5) is 0 Å². The molecule has 0 saturated carbocycles. The van der Waals surface area contributed by atoms with Crippen molar-refractivity contribution in [3.05, 3.63) is 51.7 Å². The fourth-order valence-corrected chi connectivity index (χ4v) is 3.97. The normalized spacial score (nSPS) is 12.8. The van der Waals surface area contributed by atoms with E-state index in [4.69, 9.17) is 4.74 Å². The fraction of sp³-hybridized carbons (Fsp3) is 0.389. The summed E-state index contributed by atoms with van der Waals surface area (Å²) in [6, 6.07) is 10.7. The lowest BCUT2D eigenvalue weighted by Gasteiger charge is -2.14. The third kappa shape index (κ3) is 5.95. The van der Waals surface area contributed by atoms with Crippen molar-refractivity contribution in [2.24, 2.45) is 0 Å². The second-order valence-corrected chi connectivity index (χ2v) is 9.23. The molecular weight excluding hydrogens is 358 g/mol. The average molecular weight is 382 g/mol. The molecule has 1 amide bonds. The van der Waals surface area contributed by atoms with Crippen LogP contribution >= 0.6 is 11.3 Å². The molecule has 1 heterocycles. The maximum atomic E-state index is 12.0. The SMILES string of the molecule is CO[C@H](CNC(=O)CCc1ccc(S(C)(=O)=O)cc1)c1ccc(C)s1. The van der Waals surface area contributed by atoms with Gasteiger partial charge in [-0.05, 0) is 43.2 Å². The molecule has 0 spiro atoms. The number of hydrogen-bond acceptors (Lipinski definition) is 5. The van der Waals surface area contributed by atoms with Gasteiger partial charge in [0.15, 0.2) is 9.84 Å². The van der Waals surface area contributed by atoms with Gasteiger partial charge in [-0.1, -0.05) is 12.1 Å². The highest BCUT2D eigenvalue weighted by Crippen LogP contribution is 2.24. The Morgan fingerprint density at radius 1 is 1.20 bits per heavy atom. The van der Waals surface area contributed by atoms with E-state index in [1.54, 1.807) is 42.7 Å². The van der Waals surface area contributed by atoms with Gasteiger partial charge in [-0.3, -0.25) is 4.79 Å². The quantitative estimate of drug-likeness (QED) is 0.763. The Kier molecular flexibility index (Phi) is 6.75. The minimum Gasteiger partial charge on any atom is -0.374 e. The number of sulfone groups is 1. The number of rotatable bonds is 8. The Hall–Kier alpha value is -1.70. The zero-order valence-corrected chi connectivity index (χ0v) is 16.2. The van der Waals surface area contributed by atoms with Gasteiger partial charge < -0.3 is 10.1 Å². The Morgan fingerprint density at radius 2 is 1.88 bits per heavy atom. The van der Waals surface area contributed by atoms with Crippen LogP contribution in [0.5, 0.6) is 0 Å². The van der Waals surface area contributed by atoms with Gasteiger partial charge in [0, 0.05) is 36.1 Å². The molecule has 0 aliphatic rings. The third-order valence-electron chi connectivity index (χ3n) is 3.84. The lowest BCUT2D eigenvalue weighted by Crippen LogP contribution is -2.29. The van der Waals surface area contributed by atoms with Crippen LogP contribution in [0, 0.1) is 6.92 Å². The molecule has 0 bridgehead atoms. The van der Waals surface area contributed by atoms with E-state index in [9.17, 15) is 13.2 Å². The predicted octanol–water partition coefficient (Wildman–Crippen LogP) is 2.90. The van der Waals surface area contributed by atoms with Crippen LogP contribution < -0.4 is 5.32 Å². The maximum absolute atomic E-state index is 12.0. The van der Waals surface area contributed by atoms with Crippen LogP contribution in [0.15, 0.2) is 41.3 Å². The summed E-state index contributed by atoms with van der Waals surface area (Å²) in [4.78, 5) is 14.6. The summed E-state index contributed by atoms with van der Waals surface area (Å²) in [5.41, 5.74) is 0.930. The Morgan fingerprint density at radius 3 is 2.40 bits per heavy atom. The van der Waals surface area contributed by atoms with Crippen molar-refractivity contribution in [2.75, 3.05) is 19.9 Å². The van der Waals surface area contributed by atoms with E-state index in [1.807, 2.05) is 19.1 Å². The first kappa shape index (κ1) is 19.6. The van der Waals surface area contributed by atoms with E-state index >= 15 is 0 Å². The summed E-state index contributed by atoms with van der Waals surface area (Å²) in [5, 5.41) is 2.89. The topological polar surface area (TPSA) is 72.5 Å². The second-order valence-electron chi connectivity index (χ2n) is 5.89. The number of nitrogens with one attached hydrogen (secondary N) is 1. The van der Waals surface area contributed by atoms with Crippen LogP contribution in [-0.2, 0) is 25.8 Å². The van der Waals surface area contributed by atoms with E-state index in [-0.39, 0.29) is 16.9 Å². The van der Waals surface area contributed by atoms with E-state index < -0.39 is 9.84 Å². The zero-order chi connectivity index (χ0) is 18.4. The highest BCUT2D eigenvalue weighted by Gasteiger charge is 2.14. The fourth-order valence-electron chi connectivity index (χ4n) is 2.38. The van der Waals surface area contributed by atoms with Crippen molar-refractivity contribution >= 4 is 27.1 Å². The molecule has 0 radical (unpaired) electrons. The molecule has 0 aliphatic heterocycles. The summed E-state index contributed by atoms with van der Waals surface area (Å²) >= 11 is 1.66. The number of carbonyl (C=O) groups excluding carboxylic acids is 1. The minimum atomic E-state index is -3.19. The summed E-state index contributed by atoms with van der Waals surface area (Å²) in [6.07, 6.45) is 1.94. The van der Waals surface area contributed by atoms with E-state index in [2.05, 4.69) is 5.32 Å². The molecule has 25 heavy (non-hydrogen) atoms. The molecule has 1 aromatic heterocycles. The Bertz CT molecular complexity index is 810. The number of hydrogen-bond donors (Lipinski definition) is 1. The smallest absolute Gasteiger partial charge is 0.220 e. The number of ether oxygens (including phenoxy) is 1. The van der Waals surface area contributed by atoms with Gasteiger partial charge in [0.05, 0.1) is 4.90 Å². The minimum absolute atomic E-state index is 0.0532. The molecule has 2 rings (SSSR count). The van der Waals surface area contributed by atoms with E-state index in [0.717, 1.165) is 10.4 Å². The van der Waals surface area contributed by atoms with Crippen LogP contribution in [-0.4, -0.2) is 34.2 Å². The van der Waals surface area contributed by atoms with Gasteiger partial charge >= 0.3 is 0 Å². The van der Waals surface area contributed by atoms with Gasteiger partial charge in [0.25, 0.3) is 0 Å². The maximum Gasteiger partial charge on any atom is 0.220 e. The van der Waals surface area contributed by atoms with Crippen molar-refractivity contribution in [3.8, 4) is 0 Å². The van der Waals surface area contributed by atoms with Crippen LogP contribution in [0.2, 0.25) is 0 Å². The van der Waals surface area contributed by atoms with Crippen LogP contribution in [0.1, 0.15) is 27.8 Å². The highest BCUT2D eigenvalue weighted by atomic mass is 32.2. The summed E-state index contributed by atoms with van der Waals surface area (Å²) in [7, 11) is -1.55. The van der Waals surface area contributed by atoms with Crippen molar-refractivity contribution in [1.82, 2.24) is 5.32 Å². The lowest BCUT2D eigenvalue weighted by atomic mass is 10.1. The molecule has 1 atom stereocenters. The van der Waals surface area contributed by atoms with Gasteiger partial charge in [-0.25, -0.2) is 8.42 Å². The highest BCUT2D eigenvalue weighted by molar-refractivity contribution is 7.90. The summed E-state index contributed by atoms with van der Waals surface area (Å²) in [6.45, 7) is 2.47. The van der Waals surface area contributed by atoms with Gasteiger partial charge in [0.2, 0.25) is 5.91 Å². The number of methoxy groups -OCH3 is 1. The van der Waals surface area contributed by atoms with Crippen molar-refractivity contribution in [1.29, 1.82) is 0 Å². The molecule has 1 N–H and O–H groups in total. The Labute approximate surface area is 152 Å². The van der Waals surface area contributed by atoms with Crippen LogP contribution in [0.3, 0.4) is 0 Å². The lowest BCUT2D eigenvalue weighted by molar-refractivity contribution is -0.121. The molecule has 1 aromatic carbocycles. The molecule has 136 valence electrons. The van der Waals surface area contributed by atoms with Gasteiger partial charge in [0.1, 0.15) is 6.10 Å². The number of amides is 1. The van der Waals surface area contributed by atoms with Crippen molar-refractivity contribution in [3.63, 3.8) is 0 Å². The molecule has 7 heteroatoms. The standard InChI is InChI=1S/C18H23NO4S2/c1-13-4-10-17(24-13)16(23-2)12-19-18(20)11-7-14-5-8-15(9-6-14)25(3,21)22/h4-6,8-10,16H,7,11-12H2,1-3H3,(H,19,20)/t16-/m1/s1. The molecule has 0 saturated heterocycles. The van der Waals surface area contributed by atoms with Gasteiger partial charge in [-0.2, -0.15) is 0 Å². The first-order valence-corrected chi connectivity index (χ1v) is 10.6. The van der Waals surface area contributed by atoms with Crippen molar-refractivity contribution < 1.29 is 17.9 Å². The van der Waals surface area contributed by atoms with Gasteiger partial charge in [-0.15, -0.1) is 11.3 Å². The first-order valence-electron chi connectivity index (χ1n) is 7.94. The van der Waals surface area contributed by atoms with E-state index in [1.165, 1.54) is 11.1 Å². The third-order valence-corrected chi connectivity index (χ3v) is 6.06. The molecule has 2 aromatic rings. The molecule has 0 fully saturated rings. The predicted molar refractivity (Wildman–Crippen MR) is 99.7 cm³/mol.